The van der Waals surface area contributed by atoms with E-state index < -0.39 is 11.9 Å². The highest BCUT2D eigenvalue weighted by Gasteiger charge is 2.24. The van der Waals surface area contributed by atoms with Gasteiger partial charge in [0.2, 0.25) is 0 Å². The van der Waals surface area contributed by atoms with Crippen molar-refractivity contribution in [2.24, 2.45) is 5.41 Å². The molecule has 0 bridgehead atoms. The Balaban J connectivity index is 2.69. The number of carbonyl (C=O) groups excluding carboxylic acids is 1. The van der Waals surface area contributed by atoms with E-state index in [1.54, 1.807) is 6.08 Å². The number of carboxylic acids is 1. The Morgan fingerprint density at radius 1 is 1.40 bits per heavy atom. The molecule has 0 radical (unpaired) electrons. The number of hydrogen-bond acceptors (Lipinski definition) is 4. The van der Waals surface area contributed by atoms with Crippen LogP contribution >= 0.6 is 0 Å². The molecule has 0 spiro atoms. The lowest BCUT2D eigenvalue weighted by Gasteiger charge is -2.22. The van der Waals surface area contributed by atoms with Crippen LogP contribution in [0.3, 0.4) is 0 Å². The van der Waals surface area contributed by atoms with E-state index in [4.69, 9.17) is 14.6 Å². The van der Waals surface area contributed by atoms with Crippen LogP contribution < -0.4 is 0 Å². The van der Waals surface area contributed by atoms with Gasteiger partial charge in [0.05, 0.1) is 6.61 Å². The standard InChI is InChI=1S/C15H22O5/c1-10(14(17)18)5-6-11(15(2,3)4)7-13(16)20-9-12-8-19-12/h5,7,12H,6,8-9H2,1-4H3,(H,17,18). The summed E-state index contributed by atoms with van der Waals surface area (Å²) in [5, 5.41) is 8.84. The van der Waals surface area contributed by atoms with Crippen molar-refractivity contribution in [1.29, 1.82) is 0 Å². The van der Waals surface area contributed by atoms with Gasteiger partial charge < -0.3 is 14.6 Å². The van der Waals surface area contributed by atoms with E-state index in [0.717, 1.165) is 5.57 Å². The van der Waals surface area contributed by atoms with Gasteiger partial charge in [-0.25, -0.2) is 9.59 Å². The summed E-state index contributed by atoms with van der Waals surface area (Å²) >= 11 is 0. The number of carboxylic acid groups (broad SMARTS) is 1. The van der Waals surface area contributed by atoms with Gasteiger partial charge >= 0.3 is 11.9 Å². The van der Waals surface area contributed by atoms with Gasteiger partial charge in [0.15, 0.2) is 0 Å². The van der Waals surface area contributed by atoms with Crippen LogP contribution in [0.2, 0.25) is 0 Å². The van der Waals surface area contributed by atoms with E-state index in [9.17, 15) is 9.59 Å². The summed E-state index contributed by atoms with van der Waals surface area (Å²) in [5.41, 5.74) is 0.865. The Labute approximate surface area is 119 Å². The number of esters is 1. The molecule has 1 rings (SSSR count). The third-order valence-corrected chi connectivity index (χ3v) is 3.03. The first-order valence-corrected chi connectivity index (χ1v) is 6.59. The third kappa shape index (κ3) is 6.02. The van der Waals surface area contributed by atoms with E-state index in [1.807, 2.05) is 20.8 Å². The van der Waals surface area contributed by atoms with Crippen LogP contribution in [0.5, 0.6) is 0 Å². The highest BCUT2D eigenvalue weighted by Crippen LogP contribution is 2.28. The SMILES string of the molecule is CC(=CCC(=CC(=O)OCC1CO1)C(C)(C)C)C(=O)O. The zero-order valence-corrected chi connectivity index (χ0v) is 12.4. The Morgan fingerprint density at radius 2 is 2.00 bits per heavy atom. The highest BCUT2D eigenvalue weighted by atomic mass is 16.6. The second-order valence-electron chi connectivity index (χ2n) is 5.90. The molecule has 1 atom stereocenters. The van der Waals surface area contributed by atoms with Crippen LogP contribution in [-0.2, 0) is 19.1 Å². The molecule has 5 nitrogen and oxygen atoms in total. The molecular formula is C15H22O5. The second-order valence-corrected chi connectivity index (χ2v) is 5.90. The zero-order valence-electron chi connectivity index (χ0n) is 12.4. The van der Waals surface area contributed by atoms with Gasteiger partial charge in [0.1, 0.15) is 12.7 Å². The topological polar surface area (TPSA) is 76.1 Å². The lowest BCUT2D eigenvalue weighted by atomic mass is 9.84. The van der Waals surface area contributed by atoms with Crippen molar-refractivity contribution in [1.82, 2.24) is 0 Å². The predicted octanol–water partition coefficient (Wildman–Crippen LogP) is 2.32. The van der Waals surface area contributed by atoms with Crippen molar-refractivity contribution >= 4 is 11.9 Å². The van der Waals surface area contributed by atoms with Crippen molar-refractivity contribution in [3.8, 4) is 0 Å². The van der Waals surface area contributed by atoms with Gasteiger partial charge in [0, 0.05) is 11.6 Å². The van der Waals surface area contributed by atoms with Crippen molar-refractivity contribution in [3.63, 3.8) is 0 Å². The zero-order chi connectivity index (χ0) is 15.3. The van der Waals surface area contributed by atoms with Crippen molar-refractivity contribution in [2.75, 3.05) is 13.2 Å². The fourth-order valence-electron chi connectivity index (χ4n) is 1.46. The lowest BCUT2D eigenvalue weighted by molar-refractivity contribution is -0.138. The quantitative estimate of drug-likeness (QED) is 0.459. The minimum absolute atomic E-state index is 0.0413. The smallest absolute Gasteiger partial charge is 0.330 e. The van der Waals surface area contributed by atoms with Crippen LogP contribution in [0, 0.1) is 5.41 Å². The molecule has 0 aromatic heterocycles. The largest absolute Gasteiger partial charge is 0.478 e. The minimum Gasteiger partial charge on any atom is -0.478 e. The average Bonchev–Trinajstić information content (AvgIpc) is 3.13. The number of aliphatic carboxylic acids is 1. The van der Waals surface area contributed by atoms with Gasteiger partial charge in [-0.1, -0.05) is 32.4 Å². The fraction of sp³-hybridized carbons (Fsp3) is 0.600. The molecule has 20 heavy (non-hydrogen) atoms. The summed E-state index contributed by atoms with van der Waals surface area (Å²) in [4.78, 5) is 22.5. The monoisotopic (exact) mass is 282 g/mol. The average molecular weight is 282 g/mol. The maximum absolute atomic E-state index is 11.7. The summed E-state index contributed by atoms with van der Waals surface area (Å²) in [7, 11) is 0. The Morgan fingerprint density at radius 3 is 2.45 bits per heavy atom. The van der Waals surface area contributed by atoms with Gasteiger partial charge in [-0.2, -0.15) is 0 Å². The number of carbonyl (C=O) groups is 2. The van der Waals surface area contributed by atoms with Crippen LogP contribution in [0.1, 0.15) is 34.1 Å². The number of hydrogen-bond donors (Lipinski definition) is 1. The first kappa shape index (κ1) is 16.4. The third-order valence-electron chi connectivity index (χ3n) is 3.03. The van der Waals surface area contributed by atoms with E-state index in [0.29, 0.717) is 13.0 Å². The number of rotatable bonds is 6. The molecule has 1 saturated heterocycles. The van der Waals surface area contributed by atoms with Crippen molar-refractivity contribution in [2.45, 2.75) is 40.2 Å². The summed E-state index contributed by atoms with van der Waals surface area (Å²) in [5.74, 6) is -1.36. The van der Waals surface area contributed by atoms with E-state index in [1.165, 1.54) is 13.0 Å². The molecule has 112 valence electrons. The predicted molar refractivity (Wildman–Crippen MR) is 74.2 cm³/mol. The van der Waals surface area contributed by atoms with Crippen LogP contribution in [0.15, 0.2) is 23.3 Å². The highest BCUT2D eigenvalue weighted by molar-refractivity contribution is 5.86. The first-order chi connectivity index (χ1) is 9.20. The van der Waals surface area contributed by atoms with Gasteiger partial charge in [-0.05, 0) is 18.8 Å². The Bertz CT molecular complexity index is 436. The van der Waals surface area contributed by atoms with Crippen molar-refractivity contribution in [3.05, 3.63) is 23.3 Å². The van der Waals surface area contributed by atoms with Gasteiger partial charge in [0.25, 0.3) is 0 Å². The molecule has 1 aliphatic rings. The molecule has 0 saturated carbocycles. The molecule has 0 aromatic carbocycles. The molecule has 0 aliphatic carbocycles. The molecule has 5 heteroatoms. The fourth-order valence-corrected chi connectivity index (χ4v) is 1.46. The first-order valence-electron chi connectivity index (χ1n) is 6.59. The van der Waals surface area contributed by atoms with Crippen molar-refractivity contribution < 1.29 is 24.2 Å². The van der Waals surface area contributed by atoms with Crippen LogP contribution in [-0.4, -0.2) is 36.4 Å². The minimum atomic E-state index is -0.952. The number of allylic oxidation sites excluding steroid dienone is 2. The second kappa shape index (κ2) is 6.70. The molecule has 1 aliphatic heterocycles. The van der Waals surface area contributed by atoms with Gasteiger partial charge in [-0.15, -0.1) is 0 Å². The molecule has 1 unspecified atom stereocenters. The summed E-state index contributed by atoms with van der Waals surface area (Å²) < 4.78 is 10.0. The maximum Gasteiger partial charge on any atom is 0.330 e. The maximum atomic E-state index is 11.7. The van der Waals surface area contributed by atoms with E-state index >= 15 is 0 Å². The van der Waals surface area contributed by atoms with Gasteiger partial charge in [-0.3, -0.25) is 0 Å². The molecule has 0 aromatic rings. The molecule has 0 amide bonds. The molecule has 1 heterocycles. The summed E-state index contributed by atoms with van der Waals surface area (Å²) in [6.45, 7) is 8.37. The molecule has 1 N–H and O–H groups in total. The lowest BCUT2D eigenvalue weighted by Crippen LogP contribution is -2.14. The van der Waals surface area contributed by atoms with E-state index in [2.05, 4.69) is 0 Å². The number of epoxide rings is 1. The summed E-state index contributed by atoms with van der Waals surface area (Å²) in [6.07, 6.45) is 3.51. The van der Waals surface area contributed by atoms with E-state index in [-0.39, 0.29) is 23.7 Å². The molecular weight excluding hydrogens is 260 g/mol. The molecule has 1 fully saturated rings. The Hall–Kier alpha value is -1.62. The normalized spacial score (nSPS) is 19.7. The van der Waals surface area contributed by atoms with Crippen LogP contribution in [0.25, 0.3) is 0 Å². The van der Waals surface area contributed by atoms with Crippen LogP contribution in [0.4, 0.5) is 0 Å². The Kier molecular flexibility index (Phi) is 5.51. The summed E-state index contributed by atoms with van der Waals surface area (Å²) in [6, 6.07) is 0. The number of ether oxygens (including phenoxy) is 2.